The van der Waals surface area contributed by atoms with Crippen molar-refractivity contribution in [3.63, 3.8) is 0 Å². The van der Waals surface area contributed by atoms with Gasteiger partial charge in [-0.2, -0.15) is 0 Å². The number of rotatable bonds is 8. The van der Waals surface area contributed by atoms with Gasteiger partial charge in [0, 0.05) is 23.9 Å². The monoisotopic (exact) mass is 393 g/mol. The summed E-state index contributed by atoms with van der Waals surface area (Å²) in [6, 6.07) is 34.7. The summed E-state index contributed by atoms with van der Waals surface area (Å²) in [6.07, 6.45) is 1.71. The van der Waals surface area contributed by atoms with Crippen molar-refractivity contribution in [2.24, 2.45) is 0 Å². The molecule has 0 aliphatic heterocycles. The zero-order chi connectivity index (χ0) is 20.7. The first-order valence-electron chi connectivity index (χ1n) is 9.91. The van der Waals surface area contributed by atoms with Crippen molar-refractivity contribution in [2.75, 3.05) is 5.32 Å². The van der Waals surface area contributed by atoms with Crippen LogP contribution in [0.4, 0.5) is 5.82 Å². The third-order valence-electron chi connectivity index (χ3n) is 4.96. The summed E-state index contributed by atoms with van der Waals surface area (Å²) in [4.78, 5) is 18.4. The average Bonchev–Trinajstić information content (AvgIpc) is 2.84. The second-order valence-corrected chi connectivity index (χ2v) is 6.99. The molecule has 0 spiro atoms. The Hall–Kier alpha value is -3.76. The molecule has 0 bridgehead atoms. The van der Waals surface area contributed by atoms with Crippen molar-refractivity contribution in [3.8, 4) is 0 Å². The van der Waals surface area contributed by atoms with Crippen LogP contribution < -0.4 is 10.6 Å². The van der Waals surface area contributed by atoms with Crippen LogP contribution in [-0.2, 0) is 12.2 Å². The molecule has 148 valence electrons. The first-order chi connectivity index (χ1) is 14.8. The number of ketones is 1. The molecule has 0 fully saturated rings. The predicted molar refractivity (Wildman–Crippen MR) is 120 cm³/mol. The quantitative estimate of drug-likeness (QED) is 0.326. The molecule has 0 aliphatic carbocycles. The van der Waals surface area contributed by atoms with Gasteiger partial charge in [0.15, 0.2) is 5.66 Å². The van der Waals surface area contributed by atoms with Gasteiger partial charge in [0.05, 0.1) is 0 Å². The Morgan fingerprint density at radius 3 is 1.97 bits per heavy atom. The Morgan fingerprint density at radius 1 is 0.733 bits per heavy atom. The van der Waals surface area contributed by atoms with Crippen LogP contribution in [0.3, 0.4) is 0 Å². The minimum absolute atomic E-state index is 0.0733. The van der Waals surface area contributed by atoms with Crippen molar-refractivity contribution >= 4 is 11.6 Å². The number of carbonyl (C=O) groups is 1. The van der Waals surface area contributed by atoms with Gasteiger partial charge in [-0.05, 0) is 17.7 Å². The molecule has 2 N–H and O–H groups in total. The number of hydrogen-bond donors (Lipinski definition) is 2. The molecular weight excluding hydrogens is 370 g/mol. The average molecular weight is 393 g/mol. The van der Waals surface area contributed by atoms with E-state index in [0.717, 1.165) is 11.1 Å². The van der Waals surface area contributed by atoms with Gasteiger partial charge >= 0.3 is 0 Å². The van der Waals surface area contributed by atoms with Crippen molar-refractivity contribution in [1.82, 2.24) is 10.3 Å². The van der Waals surface area contributed by atoms with E-state index in [9.17, 15) is 4.79 Å². The summed E-state index contributed by atoms with van der Waals surface area (Å²) in [5.41, 5.74) is 1.33. The van der Waals surface area contributed by atoms with Crippen molar-refractivity contribution < 1.29 is 4.79 Å². The van der Waals surface area contributed by atoms with Gasteiger partial charge in [-0.1, -0.05) is 97.1 Å². The SMILES string of the molecule is O=C(c1ccccc1)C(NCc1ccccc1)(Nc1ccccn1)c1ccccc1. The molecule has 0 saturated carbocycles. The minimum atomic E-state index is -1.19. The summed E-state index contributed by atoms with van der Waals surface area (Å²) >= 11 is 0. The standard InChI is InChI=1S/C26H23N3O/c30-25(22-14-6-2-7-15-22)26(23-16-8-3-9-17-23,29-24-18-10-11-19-27-24)28-20-21-12-4-1-5-13-21/h1-19,28H,20H2,(H,27,29). The summed E-state index contributed by atoms with van der Waals surface area (Å²) < 4.78 is 0. The maximum Gasteiger partial charge on any atom is 0.207 e. The number of pyridine rings is 1. The lowest BCUT2D eigenvalue weighted by Crippen LogP contribution is -2.55. The first kappa shape index (κ1) is 19.6. The van der Waals surface area contributed by atoms with Crippen LogP contribution >= 0.6 is 0 Å². The highest BCUT2D eigenvalue weighted by atomic mass is 16.1. The molecule has 4 nitrogen and oxygen atoms in total. The lowest BCUT2D eigenvalue weighted by atomic mass is 9.89. The van der Waals surface area contributed by atoms with Gasteiger partial charge in [-0.15, -0.1) is 0 Å². The van der Waals surface area contributed by atoms with E-state index in [1.165, 1.54) is 0 Å². The van der Waals surface area contributed by atoms with Crippen LogP contribution in [0.2, 0.25) is 0 Å². The predicted octanol–water partition coefficient (Wildman–Crippen LogP) is 5.02. The number of nitrogens with zero attached hydrogens (tertiary/aromatic N) is 1. The van der Waals surface area contributed by atoms with Crippen LogP contribution in [0.25, 0.3) is 0 Å². The fourth-order valence-electron chi connectivity index (χ4n) is 3.44. The van der Waals surface area contributed by atoms with E-state index in [-0.39, 0.29) is 5.78 Å². The molecule has 1 unspecified atom stereocenters. The Kier molecular flexibility index (Phi) is 5.97. The Labute approximate surface area is 176 Å². The van der Waals surface area contributed by atoms with Crippen molar-refractivity contribution in [3.05, 3.63) is 132 Å². The zero-order valence-electron chi connectivity index (χ0n) is 16.5. The zero-order valence-corrected chi connectivity index (χ0v) is 16.5. The Morgan fingerprint density at radius 2 is 1.33 bits per heavy atom. The topological polar surface area (TPSA) is 54.0 Å². The van der Waals surface area contributed by atoms with Gasteiger partial charge in [0.1, 0.15) is 5.82 Å². The van der Waals surface area contributed by atoms with E-state index in [1.807, 2.05) is 109 Å². The third-order valence-corrected chi connectivity index (χ3v) is 4.96. The molecule has 4 aromatic rings. The highest BCUT2D eigenvalue weighted by Crippen LogP contribution is 2.28. The van der Waals surface area contributed by atoms with Crippen molar-refractivity contribution in [1.29, 1.82) is 0 Å². The maximum absolute atomic E-state index is 13.9. The van der Waals surface area contributed by atoms with Crippen LogP contribution in [-0.4, -0.2) is 10.8 Å². The largest absolute Gasteiger partial charge is 0.342 e. The summed E-state index contributed by atoms with van der Waals surface area (Å²) in [5.74, 6) is 0.544. The van der Waals surface area contributed by atoms with Gasteiger partial charge in [-0.3, -0.25) is 10.1 Å². The van der Waals surface area contributed by atoms with Crippen molar-refractivity contribution in [2.45, 2.75) is 12.2 Å². The molecule has 0 radical (unpaired) electrons. The fraction of sp³-hybridized carbons (Fsp3) is 0.0769. The molecule has 1 heterocycles. The minimum Gasteiger partial charge on any atom is -0.342 e. The van der Waals surface area contributed by atoms with Crippen LogP contribution in [0.15, 0.2) is 115 Å². The van der Waals surface area contributed by atoms with Gasteiger partial charge < -0.3 is 5.32 Å². The number of benzene rings is 3. The molecule has 4 rings (SSSR count). The van der Waals surface area contributed by atoms with E-state index in [0.29, 0.717) is 17.9 Å². The molecule has 1 aromatic heterocycles. The number of Topliss-reactive ketones (excluding diaryl/α,β-unsaturated/α-hetero) is 1. The Balaban J connectivity index is 1.82. The van der Waals surface area contributed by atoms with E-state index in [4.69, 9.17) is 0 Å². The number of hydrogen-bond acceptors (Lipinski definition) is 4. The van der Waals surface area contributed by atoms with E-state index < -0.39 is 5.66 Å². The molecular formula is C26H23N3O. The van der Waals surface area contributed by atoms with Gasteiger partial charge in [0.2, 0.25) is 5.78 Å². The van der Waals surface area contributed by atoms with Crippen LogP contribution in [0.5, 0.6) is 0 Å². The number of nitrogens with one attached hydrogen (secondary N) is 2. The fourth-order valence-corrected chi connectivity index (χ4v) is 3.44. The Bertz CT molecular complexity index is 1070. The lowest BCUT2D eigenvalue weighted by molar-refractivity contribution is 0.0871. The van der Waals surface area contributed by atoms with Crippen LogP contribution in [0.1, 0.15) is 21.5 Å². The molecule has 4 heteroatoms. The summed E-state index contributed by atoms with van der Waals surface area (Å²) in [5, 5.41) is 6.92. The summed E-state index contributed by atoms with van der Waals surface area (Å²) in [6.45, 7) is 0.508. The normalized spacial score (nSPS) is 12.7. The molecule has 3 aromatic carbocycles. The van der Waals surface area contributed by atoms with Gasteiger partial charge in [-0.25, -0.2) is 4.98 Å². The van der Waals surface area contributed by atoms with Crippen LogP contribution in [0, 0.1) is 0 Å². The smallest absolute Gasteiger partial charge is 0.207 e. The second kappa shape index (κ2) is 9.16. The lowest BCUT2D eigenvalue weighted by Gasteiger charge is -2.35. The van der Waals surface area contributed by atoms with E-state index >= 15 is 0 Å². The van der Waals surface area contributed by atoms with Gasteiger partial charge in [0.25, 0.3) is 0 Å². The highest BCUT2D eigenvalue weighted by molar-refractivity contribution is 6.05. The highest BCUT2D eigenvalue weighted by Gasteiger charge is 2.40. The summed E-state index contributed by atoms with van der Waals surface area (Å²) in [7, 11) is 0. The molecule has 0 amide bonds. The van der Waals surface area contributed by atoms with E-state index in [1.54, 1.807) is 6.20 Å². The first-order valence-corrected chi connectivity index (χ1v) is 9.91. The molecule has 0 aliphatic rings. The second-order valence-electron chi connectivity index (χ2n) is 6.99. The number of carbonyl (C=O) groups excluding carboxylic acids is 1. The molecule has 0 saturated heterocycles. The maximum atomic E-state index is 13.9. The molecule has 1 atom stereocenters. The third kappa shape index (κ3) is 4.29. The number of aromatic nitrogens is 1. The number of anilines is 1. The van der Waals surface area contributed by atoms with E-state index in [2.05, 4.69) is 15.6 Å². The molecule has 30 heavy (non-hydrogen) atoms.